The molecule has 0 bridgehead atoms. The number of ketones is 5. The van der Waals surface area contributed by atoms with Crippen LogP contribution < -0.4 is 0 Å². The zero-order valence-electron chi connectivity index (χ0n) is 37.3. The van der Waals surface area contributed by atoms with Crippen LogP contribution in [0.15, 0.2) is 59.3 Å². The predicted molar refractivity (Wildman–Crippen MR) is 232 cm³/mol. The Morgan fingerprint density at radius 1 is 0.582 bits per heavy atom. The molecular formula is C50H80O5. The molecule has 0 aliphatic heterocycles. The number of carbonyl (C=O) groups excluding carboxylic acids is 5. The summed E-state index contributed by atoms with van der Waals surface area (Å²) >= 11 is 0. The zero-order valence-corrected chi connectivity index (χ0v) is 37.3. The normalized spacial score (nSPS) is 31.5. The monoisotopic (exact) mass is 761 g/mol. The van der Waals surface area contributed by atoms with Gasteiger partial charge < -0.3 is 0 Å². The van der Waals surface area contributed by atoms with Crippen LogP contribution in [0.25, 0.3) is 0 Å². The van der Waals surface area contributed by atoms with E-state index < -0.39 is 0 Å². The van der Waals surface area contributed by atoms with Gasteiger partial charge in [0.1, 0.15) is 0 Å². The Morgan fingerprint density at radius 3 is 1.62 bits per heavy atom. The summed E-state index contributed by atoms with van der Waals surface area (Å²) in [5.74, 6) is 6.59. The summed E-state index contributed by atoms with van der Waals surface area (Å²) in [4.78, 5) is 56.1. The van der Waals surface area contributed by atoms with Gasteiger partial charge in [0.25, 0.3) is 0 Å². The smallest absolute Gasteiger partial charge is 0.158 e. The minimum Gasteiger partial charge on any atom is -0.295 e. The lowest BCUT2D eigenvalue weighted by Gasteiger charge is -2.29. The van der Waals surface area contributed by atoms with Crippen LogP contribution in [0.4, 0.5) is 0 Å². The van der Waals surface area contributed by atoms with E-state index in [0.29, 0.717) is 70.5 Å². The second kappa shape index (κ2) is 26.1. The van der Waals surface area contributed by atoms with Crippen molar-refractivity contribution in [1.29, 1.82) is 0 Å². The van der Waals surface area contributed by atoms with Gasteiger partial charge in [-0.1, -0.05) is 112 Å². The molecule has 5 heteroatoms. The van der Waals surface area contributed by atoms with Crippen molar-refractivity contribution in [2.24, 2.45) is 59.2 Å². The first-order valence-corrected chi connectivity index (χ1v) is 22.2. The van der Waals surface area contributed by atoms with Crippen LogP contribution in [0.5, 0.6) is 0 Å². The molecular weight excluding hydrogens is 681 g/mol. The summed E-state index contributed by atoms with van der Waals surface area (Å²) in [6.45, 7) is 27.7. The van der Waals surface area contributed by atoms with E-state index >= 15 is 0 Å². The van der Waals surface area contributed by atoms with Crippen LogP contribution in [-0.2, 0) is 24.0 Å². The second-order valence-electron chi connectivity index (χ2n) is 16.8. The topological polar surface area (TPSA) is 85.3 Å². The maximum atomic E-state index is 11.4. The Kier molecular flexibility index (Phi) is 23.7. The Hall–Kier alpha value is -2.95. The molecule has 0 aromatic carbocycles. The fourth-order valence-corrected chi connectivity index (χ4v) is 8.62. The molecule has 0 spiro atoms. The van der Waals surface area contributed by atoms with E-state index in [4.69, 9.17) is 0 Å². The number of Topliss-reactive ketones (excluding diaryl/α,β-unsaturated/α-hetero) is 1. The minimum atomic E-state index is 0.227. The van der Waals surface area contributed by atoms with Crippen molar-refractivity contribution < 1.29 is 24.0 Å². The van der Waals surface area contributed by atoms with Crippen LogP contribution in [0.3, 0.4) is 0 Å². The summed E-state index contributed by atoms with van der Waals surface area (Å²) in [7, 11) is 0. The Bertz CT molecular complexity index is 1400. The van der Waals surface area contributed by atoms with Gasteiger partial charge in [0, 0.05) is 30.6 Å². The number of hydrogen-bond donors (Lipinski definition) is 0. The summed E-state index contributed by atoms with van der Waals surface area (Å²) in [5, 5.41) is 0. The van der Waals surface area contributed by atoms with E-state index in [9.17, 15) is 24.0 Å². The first-order chi connectivity index (χ1) is 26.0. The highest BCUT2D eigenvalue weighted by molar-refractivity contribution is 5.97. The first-order valence-electron chi connectivity index (χ1n) is 22.2. The van der Waals surface area contributed by atoms with Gasteiger partial charge in [0.2, 0.25) is 0 Å². The predicted octanol–water partition coefficient (Wildman–Crippen LogP) is 12.8. The summed E-state index contributed by atoms with van der Waals surface area (Å²) in [6, 6.07) is 0. The molecule has 0 aromatic heterocycles. The molecule has 5 aliphatic carbocycles. The van der Waals surface area contributed by atoms with E-state index in [1.807, 2.05) is 13.0 Å². The highest BCUT2D eigenvalue weighted by Crippen LogP contribution is 2.32. The number of rotatable bonds is 7. The zero-order chi connectivity index (χ0) is 41.8. The standard InChI is InChI=1S/C11H18O.3C10H16O.C9H14O/c1-4-9-6-7-11(12)10(5-2)8(9)3;1-4-9-5-6-10(11)8(3)7(9)2;1-4-9-8(3)7(2)5-6-10(9)11;1-3-8-5-6-9(4-2)10(11)7-8;1-3-8-4-5-9(10)6-7(8)2/h6-10H,4-5H2,1-3H3;5-9H,4H2,1-3H3;7H,4-6H2,1-3H3;7,9H,3-6H2,1-2H3;4-5,7-8H,3,6H2,1-2H3. The minimum absolute atomic E-state index is 0.227. The molecule has 10 atom stereocenters. The van der Waals surface area contributed by atoms with E-state index in [-0.39, 0.29) is 17.6 Å². The van der Waals surface area contributed by atoms with E-state index in [0.717, 1.165) is 82.6 Å². The fraction of sp³-hybridized carbons (Fsp3) is 0.700. The molecule has 0 amide bonds. The van der Waals surface area contributed by atoms with Gasteiger partial charge in [0.05, 0.1) is 0 Å². The van der Waals surface area contributed by atoms with Crippen molar-refractivity contribution in [3.63, 3.8) is 0 Å². The maximum absolute atomic E-state index is 11.4. The lowest BCUT2D eigenvalue weighted by molar-refractivity contribution is -0.121. The largest absolute Gasteiger partial charge is 0.295 e. The second-order valence-corrected chi connectivity index (χ2v) is 16.8. The summed E-state index contributed by atoms with van der Waals surface area (Å²) in [5.41, 5.74) is 3.74. The van der Waals surface area contributed by atoms with Gasteiger partial charge in [-0.3, -0.25) is 24.0 Å². The highest BCUT2D eigenvalue weighted by atomic mass is 16.1. The number of carbonyl (C=O) groups is 5. The van der Waals surface area contributed by atoms with E-state index in [2.05, 4.69) is 101 Å². The number of hydrogen-bond acceptors (Lipinski definition) is 5. The third kappa shape index (κ3) is 15.8. The molecule has 0 fully saturated rings. The molecule has 310 valence electrons. The van der Waals surface area contributed by atoms with Crippen LogP contribution in [0, 0.1) is 59.2 Å². The molecule has 5 aliphatic rings. The van der Waals surface area contributed by atoms with Gasteiger partial charge >= 0.3 is 0 Å². The molecule has 0 radical (unpaired) electrons. The SMILES string of the molecule is CCC1=C(C)C(C)CCC1=O.CCC1=CC(=O)C(CC)CC1.CCC1C=CC(=O)C(C)C1C.CCC1C=CC(=O)C(CC)C1C.CCC1C=CC(=O)CC1C. The molecule has 5 nitrogen and oxygen atoms in total. The van der Waals surface area contributed by atoms with E-state index in [1.165, 1.54) is 11.1 Å². The van der Waals surface area contributed by atoms with Crippen LogP contribution in [0.1, 0.15) is 167 Å². The average molecular weight is 761 g/mol. The quantitative estimate of drug-likeness (QED) is 0.258. The molecule has 0 N–H and O–H groups in total. The van der Waals surface area contributed by atoms with Crippen LogP contribution >= 0.6 is 0 Å². The van der Waals surface area contributed by atoms with Crippen LogP contribution in [0.2, 0.25) is 0 Å². The molecule has 5 rings (SSSR count). The van der Waals surface area contributed by atoms with Crippen molar-refractivity contribution in [3.8, 4) is 0 Å². The third-order valence-corrected chi connectivity index (χ3v) is 13.5. The van der Waals surface area contributed by atoms with Gasteiger partial charge in [-0.05, 0) is 142 Å². The van der Waals surface area contributed by atoms with Crippen molar-refractivity contribution >= 4 is 28.9 Å². The summed E-state index contributed by atoms with van der Waals surface area (Å²) < 4.78 is 0. The molecule has 0 aromatic rings. The average Bonchev–Trinajstić information content (AvgIpc) is 3.17. The highest BCUT2D eigenvalue weighted by Gasteiger charge is 2.30. The van der Waals surface area contributed by atoms with Gasteiger partial charge in [0.15, 0.2) is 28.9 Å². The van der Waals surface area contributed by atoms with Crippen molar-refractivity contribution in [2.75, 3.05) is 0 Å². The third-order valence-electron chi connectivity index (χ3n) is 13.5. The van der Waals surface area contributed by atoms with Crippen LogP contribution in [-0.4, -0.2) is 28.9 Å². The van der Waals surface area contributed by atoms with Gasteiger partial charge in [-0.25, -0.2) is 0 Å². The van der Waals surface area contributed by atoms with Gasteiger partial charge in [-0.15, -0.1) is 0 Å². The Labute approximate surface area is 337 Å². The number of allylic oxidation sites excluding steroid dienone is 10. The van der Waals surface area contributed by atoms with E-state index in [1.54, 1.807) is 18.2 Å². The molecule has 10 unspecified atom stereocenters. The lowest BCUT2D eigenvalue weighted by atomic mass is 9.74. The molecule has 0 heterocycles. The first kappa shape index (κ1) is 50.1. The molecule has 0 saturated heterocycles. The lowest BCUT2D eigenvalue weighted by Crippen LogP contribution is -2.28. The molecule has 0 saturated carbocycles. The van der Waals surface area contributed by atoms with Crippen molar-refractivity contribution in [2.45, 2.75) is 167 Å². The Balaban J connectivity index is 0.000000344. The Morgan fingerprint density at radius 2 is 1.15 bits per heavy atom. The van der Waals surface area contributed by atoms with Gasteiger partial charge in [-0.2, -0.15) is 0 Å². The maximum Gasteiger partial charge on any atom is 0.158 e. The fourth-order valence-electron chi connectivity index (χ4n) is 8.62. The molecule has 55 heavy (non-hydrogen) atoms. The van der Waals surface area contributed by atoms with Crippen molar-refractivity contribution in [3.05, 3.63) is 59.3 Å². The van der Waals surface area contributed by atoms with Crippen molar-refractivity contribution in [1.82, 2.24) is 0 Å². The summed E-state index contributed by atoms with van der Waals surface area (Å²) in [6.07, 6.45) is 25.5.